The van der Waals surface area contributed by atoms with E-state index < -0.39 is 0 Å². The summed E-state index contributed by atoms with van der Waals surface area (Å²) < 4.78 is 2.50. The Bertz CT molecular complexity index is 2420. The van der Waals surface area contributed by atoms with Gasteiger partial charge in [-0.1, -0.05) is 117 Å². The first-order valence-electron chi connectivity index (χ1n) is 15.0. The standard InChI is InChI=1S/C40H27N3S/c1-40(2)32-17-9-8-15-28(32)29-20-19-27(22-33(29)40)38-41-37(24-11-4-3-5-12-24)42-39(43-38)30-16-10-18-34-36(30)31-21-25-13-6-7-14-26(25)23-35(31)44-34/h3-23H,1-2H3. The zero-order valence-corrected chi connectivity index (χ0v) is 25.2. The van der Waals surface area contributed by atoms with Crippen LogP contribution in [0.5, 0.6) is 0 Å². The molecule has 0 fully saturated rings. The lowest BCUT2D eigenvalue weighted by molar-refractivity contribution is 0.660. The van der Waals surface area contributed by atoms with Crippen LogP contribution in [0.1, 0.15) is 25.0 Å². The molecule has 0 saturated carbocycles. The molecule has 0 saturated heterocycles. The third-order valence-corrected chi connectivity index (χ3v) is 10.2. The predicted molar refractivity (Wildman–Crippen MR) is 184 cm³/mol. The number of hydrogen-bond acceptors (Lipinski definition) is 4. The molecule has 0 unspecified atom stereocenters. The fourth-order valence-corrected chi connectivity index (χ4v) is 8.05. The first-order chi connectivity index (χ1) is 21.5. The largest absolute Gasteiger partial charge is 0.208 e. The molecular formula is C40H27N3S. The molecule has 1 aliphatic carbocycles. The molecular weight excluding hydrogens is 555 g/mol. The summed E-state index contributed by atoms with van der Waals surface area (Å²) in [5.41, 5.74) is 8.15. The van der Waals surface area contributed by atoms with Crippen molar-refractivity contribution in [2.24, 2.45) is 0 Å². The Hall–Kier alpha value is -5.19. The zero-order chi connectivity index (χ0) is 29.4. The average Bonchev–Trinajstić information content (AvgIpc) is 3.55. The van der Waals surface area contributed by atoms with Crippen LogP contribution in [0.25, 0.3) is 76.2 Å². The summed E-state index contributed by atoms with van der Waals surface area (Å²) in [4.78, 5) is 15.4. The summed E-state index contributed by atoms with van der Waals surface area (Å²) in [7, 11) is 0. The van der Waals surface area contributed by atoms with Crippen molar-refractivity contribution in [2.45, 2.75) is 19.3 Å². The van der Waals surface area contributed by atoms with Crippen molar-refractivity contribution in [3.63, 3.8) is 0 Å². The number of hydrogen-bond donors (Lipinski definition) is 0. The van der Waals surface area contributed by atoms with Gasteiger partial charge in [-0.2, -0.15) is 0 Å². The van der Waals surface area contributed by atoms with Gasteiger partial charge in [-0.15, -0.1) is 11.3 Å². The van der Waals surface area contributed by atoms with Crippen molar-refractivity contribution in [3.8, 4) is 45.3 Å². The van der Waals surface area contributed by atoms with Gasteiger partial charge in [-0.3, -0.25) is 0 Å². The molecule has 2 heterocycles. The summed E-state index contributed by atoms with van der Waals surface area (Å²) in [6.45, 7) is 4.61. The van der Waals surface area contributed by atoms with E-state index in [0.717, 1.165) is 16.7 Å². The monoisotopic (exact) mass is 581 g/mol. The van der Waals surface area contributed by atoms with E-state index in [9.17, 15) is 0 Å². The maximum absolute atomic E-state index is 5.20. The van der Waals surface area contributed by atoms with Gasteiger partial charge in [0.1, 0.15) is 0 Å². The quantitative estimate of drug-likeness (QED) is 0.208. The fraction of sp³-hybridized carbons (Fsp3) is 0.0750. The topological polar surface area (TPSA) is 38.7 Å². The second kappa shape index (κ2) is 9.40. The zero-order valence-electron chi connectivity index (χ0n) is 24.4. The normalized spacial score (nSPS) is 13.4. The SMILES string of the molecule is CC1(C)c2ccccc2-c2ccc(-c3nc(-c4ccccc4)nc(-c4cccc5sc6cc7ccccc7cc6c45)n3)cc21. The van der Waals surface area contributed by atoms with Crippen LogP contribution >= 0.6 is 11.3 Å². The van der Waals surface area contributed by atoms with Crippen LogP contribution in [-0.4, -0.2) is 15.0 Å². The van der Waals surface area contributed by atoms with Gasteiger partial charge in [0.05, 0.1) is 0 Å². The van der Waals surface area contributed by atoms with Gasteiger partial charge in [0.2, 0.25) is 0 Å². The van der Waals surface area contributed by atoms with Gasteiger partial charge < -0.3 is 0 Å². The van der Waals surface area contributed by atoms with E-state index >= 15 is 0 Å². The van der Waals surface area contributed by atoms with Crippen LogP contribution in [0.2, 0.25) is 0 Å². The first kappa shape index (κ1) is 25.3. The molecule has 8 aromatic rings. The Labute approximate surface area is 259 Å². The Kier molecular flexibility index (Phi) is 5.41. The van der Waals surface area contributed by atoms with Gasteiger partial charge in [-0.25, -0.2) is 15.0 Å². The highest BCUT2D eigenvalue weighted by Gasteiger charge is 2.35. The van der Waals surface area contributed by atoms with Crippen LogP contribution in [-0.2, 0) is 5.41 Å². The van der Waals surface area contributed by atoms with Gasteiger partial charge in [0.25, 0.3) is 0 Å². The van der Waals surface area contributed by atoms with Crippen molar-refractivity contribution in [1.29, 1.82) is 0 Å². The lowest BCUT2D eigenvalue weighted by Gasteiger charge is -2.21. The van der Waals surface area contributed by atoms with Crippen molar-refractivity contribution < 1.29 is 0 Å². The average molecular weight is 582 g/mol. The Morgan fingerprint density at radius 1 is 0.477 bits per heavy atom. The highest BCUT2D eigenvalue weighted by Crippen LogP contribution is 2.49. The summed E-state index contributed by atoms with van der Waals surface area (Å²) in [5.74, 6) is 2.05. The molecule has 0 bridgehead atoms. The molecule has 4 heteroatoms. The number of rotatable bonds is 3. The number of benzene rings is 6. The van der Waals surface area contributed by atoms with Crippen LogP contribution in [0, 0.1) is 0 Å². The van der Waals surface area contributed by atoms with Crippen LogP contribution < -0.4 is 0 Å². The Balaban J connectivity index is 1.28. The molecule has 208 valence electrons. The van der Waals surface area contributed by atoms with E-state index in [0.29, 0.717) is 17.5 Å². The molecule has 0 spiro atoms. The van der Waals surface area contributed by atoms with E-state index in [2.05, 4.69) is 123 Å². The van der Waals surface area contributed by atoms with Crippen molar-refractivity contribution in [1.82, 2.24) is 15.0 Å². The number of thiophene rings is 1. The van der Waals surface area contributed by atoms with Crippen LogP contribution in [0.15, 0.2) is 127 Å². The highest BCUT2D eigenvalue weighted by atomic mass is 32.1. The fourth-order valence-electron chi connectivity index (χ4n) is 6.88. The second-order valence-electron chi connectivity index (χ2n) is 12.1. The van der Waals surface area contributed by atoms with Crippen LogP contribution in [0.4, 0.5) is 0 Å². The maximum atomic E-state index is 5.20. The lowest BCUT2D eigenvalue weighted by Crippen LogP contribution is -2.15. The third-order valence-electron chi connectivity index (χ3n) is 9.11. The molecule has 9 rings (SSSR count). The van der Waals surface area contributed by atoms with Gasteiger partial charge in [0, 0.05) is 42.3 Å². The number of aromatic nitrogens is 3. The third kappa shape index (κ3) is 3.78. The van der Waals surface area contributed by atoms with E-state index in [1.807, 2.05) is 29.5 Å². The van der Waals surface area contributed by atoms with E-state index in [1.165, 1.54) is 53.2 Å². The molecule has 1 aliphatic rings. The molecule has 6 aromatic carbocycles. The molecule has 0 amide bonds. The first-order valence-corrected chi connectivity index (χ1v) is 15.8. The summed E-state index contributed by atoms with van der Waals surface area (Å²) >= 11 is 1.82. The van der Waals surface area contributed by atoms with Crippen molar-refractivity contribution >= 4 is 42.3 Å². The lowest BCUT2D eigenvalue weighted by atomic mass is 9.82. The minimum Gasteiger partial charge on any atom is -0.208 e. The number of nitrogens with zero attached hydrogens (tertiary/aromatic N) is 3. The molecule has 0 atom stereocenters. The van der Waals surface area contributed by atoms with Crippen molar-refractivity contribution in [3.05, 3.63) is 139 Å². The second-order valence-corrected chi connectivity index (χ2v) is 13.2. The Morgan fingerprint density at radius 2 is 1.14 bits per heavy atom. The summed E-state index contributed by atoms with van der Waals surface area (Å²) in [6, 6.07) is 45.3. The number of fused-ring (bicyclic) bond motifs is 7. The molecule has 44 heavy (non-hydrogen) atoms. The van der Waals surface area contributed by atoms with E-state index in [-0.39, 0.29) is 5.41 Å². The molecule has 2 aromatic heterocycles. The van der Waals surface area contributed by atoms with Crippen molar-refractivity contribution in [2.75, 3.05) is 0 Å². The van der Waals surface area contributed by atoms with Gasteiger partial charge in [-0.05, 0) is 57.3 Å². The predicted octanol–water partition coefficient (Wildman–Crippen LogP) is 10.7. The summed E-state index contributed by atoms with van der Waals surface area (Å²) in [5, 5.41) is 4.92. The Morgan fingerprint density at radius 3 is 1.98 bits per heavy atom. The van der Waals surface area contributed by atoms with Gasteiger partial charge in [0.15, 0.2) is 17.5 Å². The van der Waals surface area contributed by atoms with Gasteiger partial charge >= 0.3 is 0 Å². The maximum Gasteiger partial charge on any atom is 0.164 e. The smallest absolute Gasteiger partial charge is 0.164 e. The minimum absolute atomic E-state index is 0.107. The summed E-state index contributed by atoms with van der Waals surface area (Å²) in [6.07, 6.45) is 0. The molecule has 3 nitrogen and oxygen atoms in total. The van der Waals surface area contributed by atoms with E-state index in [1.54, 1.807) is 0 Å². The highest BCUT2D eigenvalue weighted by molar-refractivity contribution is 7.26. The molecule has 0 aliphatic heterocycles. The minimum atomic E-state index is -0.107. The van der Waals surface area contributed by atoms with Crippen LogP contribution in [0.3, 0.4) is 0 Å². The molecule has 0 radical (unpaired) electrons. The van der Waals surface area contributed by atoms with E-state index in [4.69, 9.17) is 15.0 Å². The molecule has 0 N–H and O–H groups in total.